The highest BCUT2D eigenvalue weighted by Gasteiger charge is 2.36. The van der Waals surface area contributed by atoms with Crippen molar-refractivity contribution < 1.29 is 0 Å². The maximum absolute atomic E-state index is 5.70. The third-order valence-electron chi connectivity index (χ3n) is 7.35. The van der Waals surface area contributed by atoms with Crippen LogP contribution in [0.1, 0.15) is 16.7 Å². The van der Waals surface area contributed by atoms with Gasteiger partial charge >= 0.3 is 11.4 Å². The van der Waals surface area contributed by atoms with E-state index in [1.54, 1.807) is 4.90 Å². The summed E-state index contributed by atoms with van der Waals surface area (Å²) in [7, 11) is 14.8. The molecule has 4 aromatic rings. The van der Waals surface area contributed by atoms with Crippen molar-refractivity contribution in [3.05, 3.63) is 144 Å². The molecule has 10 rings (SSSR count). The topological polar surface area (TPSA) is 155 Å². The van der Waals surface area contributed by atoms with E-state index in [0.717, 1.165) is 16.7 Å². The lowest BCUT2D eigenvalue weighted by Crippen LogP contribution is -2.48. The fourth-order valence-electron chi connectivity index (χ4n) is 5.03. The van der Waals surface area contributed by atoms with Crippen molar-refractivity contribution in [3.8, 4) is 0 Å². The lowest BCUT2D eigenvalue weighted by atomic mass is 10.2. The fourth-order valence-corrected chi connectivity index (χ4v) is 5.49. The Hall–Kier alpha value is -5.21. The summed E-state index contributed by atoms with van der Waals surface area (Å²) in [5.74, 6) is 3.64. The Labute approximate surface area is 356 Å². The molecule has 14 nitrogen and oxygen atoms in total. The van der Waals surface area contributed by atoms with Crippen molar-refractivity contribution >= 4 is 145 Å². The average Bonchev–Trinajstić information content (AvgIpc) is 3.22. The monoisotopic (exact) mass is 886 g/mol. The first-order valence-corrected chi connectivity index (χ1v) is 22.8. The van der Waals surface area contributed by atoms with Gasteiger partial charge in [-0.1, -0.05) is 127 Å². The molecule has 4 aromatic carbocycles. The molecule has 0 spiro atoms. The standard InChI is InChI=1S/C24H15N7.C6Cl3N7.C6H6.Al.3ClH/c1-4-10-16(11-5-1)19-25-22-27-20(17-12-6-2-7-13-17)29-24-30-21(18-14-8-3-9-15-18)28-23(26-19)31(22)24;7-1-10-4-12-2(8)14-6-15-3(9)13-5(11-1)16(4)6;1-2-4-6-5-3-1;;;;/h1-15H;;1-6H;;3*1H/q;;;+3;;;/p-3. The van der Waals surface area contributed by atoms with Gasteiger partial charge in [-0.05, 0) is 34.8 Å². The van der Waals surface area contributed by atoms with Crippen LogP contribution in [0.5, 0.6) is 0 Å². The first-order valence-electron chi connectivity index (χ1n) is 16.4. The maximum atomic E-state index is 5.70. The number of hydrogen-bond acceptors (Lipinski definition) is 14. The zero-order valence-corrected chi connectivity index (χ0v) is 34.4. The van der Waals surface area contributed by atoms with Gasteiger partial charge in [0, 0.05) is 16.7 Å². The van der Waals surface area contributed by atoms with Gasteiger partial charge in [-0.3, -0.25) is 0 Å². The van der Waals surface area contributed by atoms with Crippen molar-refractivity contribution in [2.45, 2.75) is 0 Å². The highest BCUT2D eigenvalue weighted by Crippen LogP contribution is 2.23. The molecule has 0 atom stereocenters. The van der Waals surface area contributed by atoms with Gasteiger partial charge in [0.2, 0.25) is 51.6 Å². The zero-order chi connectivity index (χ0) is 39.7. The van der Waals surface area contributed by atoms with Crippen molar-refractivity contribution in [1.82, 2.24) is 9.80 Å². The Balaban J connectivity index is 0.000000157. The summed E-state index contributed by atoms with van der Waals surface area (Å²) in [6.07, 6.45) is 0. The van der Waals surface area contributed by atoms with Gasteiger partial charge < -0.3 is 0 Å². The Morgan fingerprint density at radius 2 is 0.509 bits per heavy atom. The zero-order valence-electron chi connectivity index (χ0n) is 28.7. The molecule has 0 aliphatic carbocycles. The van der Waals surface area contributed by atoms with E-state index in [4.69, 9.17) is 94.9 Å². The number of nitrogens with zero attached hydrogens (tertiary/aromatic N) is 14. The van der Waals surface area contributed by atoms with E-state index in [0.29, 0.717) is 35.4 Å². The van der Waals surface area contributed by atoms with Gasteiger partial charge in [0.05, 0.1) is 0 Å². The van der Waals surface area contributed by atoms with Gasteiger partial charge in [0.25, 0.3) is 0 Å². The quantitative estimate of drug-likeness (QED) is 0.150. The molecule has 280 valence electrons. The molecule has 0 radical (unpaired) electrons. The first kappa shape index (κ1) is 40.0. The summed E-state index contributed by atoms with van der Waals surface area (Å²) in [5, 5.41) is -0.0255. The van der Waals surface area contributed by atoms with Gasteiger partial charge in [-0.15, -0.1) is 0 Å². The molecule has 0 saturated carbocycles. The van der Waals surface area contributed by atoms with Gasteiger partial charge in [-0.2, -0.15) is 59.9 Å². The van der Waals surface area contributed by atoms with Crippen LogP contribution in [-0.2, 0) is 0 Å². The second kappa shape index (κ2) is 18.8. The number of halogens is 6. The molecule has 0 fully saturated rings. The van der Waals surface area contributed by atoms with Crippen molar-refractivity contribution in [3.63, 3.8) is 0 Å². The van der Waals surface area contributed by atoms with Crippen molar-refractivity contribution in [2.75, 3.05) is 0 Å². The molecule has 0 N–H and O–H groups in total. The number of aliphatic imine (C=N–C) groups is 12. The summed E-state index contributed by atoms with van der Waals surface area (Å²) in [4.78, 5) is 54.5. The van der Waals surface area contributed by atoms with E-state index in [1.807, 2.05) is 127 Å². The van der Waals surface area contributed by atoms with Crippen LogP contribution in [0.15, 0.2) is 187 Å². The lowest BCUT2D eigenvalue weighted by Gasteiger charge is -2.30. The molecule has 57 heavy (non-hydrogen) atoms. The second-order valence-corrected chi connectivity index (χ2v) is 18.5. The molecule has 0 saturated heterocycles. The van der Waals surface area contributed by atoms with Crippen LogP contribution in [0.4, 0.5) is 0 Å². The first-order chi connectivity index (χ1) is 27.7. The van der Waals surface area contributed by atoms with Crippen LogP contribution in [0.2, 0.25) is 0 Å². The maximum Gasteiger partial charge on any atom is 0.643 e. The molecule has 21 heteroatoms. The van der Waals surface area contributed by atoms with Crippen LogP contribution in [0, 0.1) is 0 Å². The molecule has 6 heterocycles. The molecule has 0 amide bonds. The van der Waals surface area contributed by atoms with Gasteiger partial charge in [0.15, 0.2) is 17.5 Å². The van der Waals surface area contributed by atoms with E-state index in [-0.39, 0.29) is 33.8 Å². The number of rotatable bonds is 3. The van der Waals surface area contributed by atoms with Crippen LogP contribution in [0.3, 0.4) is 0 Å². The van der Waals surface area contributed by atoms with Crippen LogP contribution in [-0.4, -0.2) is 90.3 Å². The van der Waals surface area contributed by atoms with Crippen LogP contribution in [0.25, 0.3) is 0 Å². The minimum atomic E-state index is -1.72. The Morgan fingerprint density at radius 1 is 0.298 bits per heavy atom. The average molecular weight is 889 g/mol. The van der Waals surface area contributed by atoms with Crippen molar-refractivity contribution in [1.29, 1.82) is 0 Å². The molecule has 6 aliphatic heterocycles. The molecule has 0 bridgehead atoms. The highest BCUT2D eigenvalue weighted by molar-refractivity contribution is 7.54. The predicted octanol–water partition coefficient (Wildman–Crippen LogP) is 8.29. The molecular formula is C36H21AlCl6N14. The normalized spacial score (nSPS) is 16.7. The van der Waals surface area contributed by atoms with Crippen LogP contribution < -0.4 is 0 Å². The number of guanidine groups is 6. The van der Waals surface area contributed by atoms with Crippen molar-refractivity contribution in [2.24, 2.45) is 59.9 Å². The fraction of sp³-hybridized carbons (Fsp3) is 0. The van der Waals surface area contributed by atoms with E-state index < -0.39 is 11.4 Å². The third-order valence-corrected chi connectivity index (χ3v) is 7.86. The number of hydrogen-bond donors (Lipinski definition) is 0. The Bertz CT molecular complexity index is 2250. The summed E-state index contributed by atoms with van der Waals surface area (Å²) in [6.45, 7) is 0. The summed E-state index contributed by atoms with van der Waals surface area (Å²) in [5.41, 5.74) is 2.67. The molecule has 0 aromatic heterocycles. The number of amidine groups is 6. The predicted molar refractivity (Wildman–Crippen MR) is 237 cm³/mol. The highest BCUT2D eigenvalue weighted by atomic mass is 35.8. The lowest BCUT2D eigenvalue weighted by molar-refractivity contribution is 0.828. The summed E-state index contributed by atoms with van der Waals surface area (Å²) < 4.78 is 0. The third kappa shape index (κ3) is 10.2. The molecule has 6 aliphatic rings. The minimum Gasteiger partial charge on any atom is -0.214 e. The largest absolute Gasteiger partial charge is 0.643 e. The van der Waals surface area contributed by atoms with E-state index >= 15 is 0 Å². The Kier molecular flexibility index (Phi) is 13.2. The molecule has 0 unspecified atom stereocenters. The summed E-state index contributed by atoms with van der Waals surface area (Å²) in [6, 6.07) is 41.4. The van der Waals surface area contributed by atoms with E-state index in [1.165, 1.54) is 4.90 Å². The number of benzene rings is 4. The second-order valence-electron chi connectivity index (χ2n) is 11.1. The smallest absolute Gasteiger partial charge is 0.214 e. The van der Waals surface area contributed by atoms with Gasteiger partial charge in [-0.25, -0.2) is 39.9 Å². The van der Waals surface area contributed by atoms with Gasteiger partial charge in [0.1, 0.15) is 0 Å². The van der Waals surface area contributed by atoms with Crippen LogP contribution >= 0.6 is 65.0 Å². The molecular weight excluding hydrogens is 868 g/mol. The van der Waals surface area contributed by atoms with E-state index in [2.05, 4.69) is 30.0 Å². The van der Waals surface area contributed by atoms with E-state index in [9.17, 15) is 0 Å². The minimum absolute atomic E-state index is 0.00849. The Morgan fingerprint density at radius 3 is 0.754 bits per heavy atom. The summed E-state index contributed by atoms with van der Waals surface area (Å²) >= 11 is 15.4. The SMILES string of the molecule is ClC1=NC2=NC(Cl)=NC3=NC(Cl)=NC(=N1)N23.[Cl][Al]([Cl])[Cl].c1ccc(C2=NC3=NC(c4ccccc4)=NC4=NC(c5ccccc5)=NC(=N2)N34)cc1.c1ccccc1.